The molecular weight excluding hydrogens is 182 g/mol. The average molecular weight is 190 g/mol. The first-order chi connectivity index (χ1) is 6.11. The lowest BCUT2D eigenvalue weighted by atomic mass is 10.2. The molecule has 72 valence electrons. The fraction of sp³-hybridized carbons (Fsp3) is 0.250. The molecule has 0 spiro atoms. The van der Waals surface area contributed by atoms with E-state index in [-0.39, 0.29) is 11.5 Å². The van der Waals surface area contributed by atoms with Crippen LogP contribution in [0.2, 0.25) is 0 Å². The lowest BCUT2D eigenvalue weighted by Crippen LogP contribution is -1.96. The summed E-state index contributed by atoms with van der Waals surface area (Å²) in [7, 11) is 2.37. The summed E-state index contributed by atoms with van der Waals surface area (Å²) < 4.78 is 34.8. The largest absolute Gasteiger partial charge is 0.502 e. The molecule has 0 radical (unpaired) electrons. The summed E-state index contributed by atoms with van der Waals surface area (Å²) in [5.74, 6) is -3.44. The number of aromatic hydroxyl groups is 1. The van der Waals surface area contributed by atoms with Crippen LogP contribution in [0.1, 0.15) is 0 Å². The van der Waals surface area contributed by atoms with Crippen LogP contribution in [0.25, 0.3) is 0 Å². The molecular formula is C8H8F2O3. The van der Waals surface area contributed by atoms with E-state index in [1.807, 2.05) is 0 Å². The Morgan fingerprint density at radius 3 is 2.08 bits per heavy atom. The third kappa shape index (κ3) is 1.49. The highest BCUT2D eigenvalue weighted by Gasteiger charge is 2.19. The van der Waals surface area contributed by atoms with E-state index in [0.29, 0.717) is 6.07 Å². The van der Waals surface area contributed by atoms with Gasteiger partial charge in [-0.1, -0.05) is 0 Å². The van der Waals surface area contributed by atoms with E-state index in [1.54, 1.807) is 0 Å². The first-order valence-electron chi connectivity index (χ1n) is 3.40. The van der Waals surface area contributed by atoms with Crippen LogP contribution in [0.15, 0.2) is 6.07 Å². The summed E-state index contributed by atoms with van der Waals surface area (Å²) in [6.07, 6.45) is 0. The van der Waals surface area contributed by atoms with Crippen molar-refractivity contribution in [3.05, 3.63) is 17.7 Å². The Balaban J connectivity index is 3.41. The van der Waals surface area contributed by atoms with Crippen molar-refractivity contribution in [3.8, 4) is 17.2 Å². The summed E-state index contributed by atoms with van der Waals surface area (Å²) in [4.78, 5) is 0. The van der Waals surface area contributed by atoms with Crippen LogP contribution in [0, 0.1) is 11.6 Å². The Morgan fingerprint density at radius 1 is 1.08 bits per heavy atom. The second-order valence-electron chi connectivity index (χ2n) is 2.26. The Hall–Kier alpha value is -1.52. The zero-order valence-corrected chi connectivity index (χ0v) is 7.10. The van der Waals surface area contributed by atoms with Crippen LogP contribution in [0.5, 0.6) is 17.2 Å². The van der Waals surface area contributed by atoms with Gasteiger partial charge in [0, 0.05) is 6.07 Å². The molecule has 0 aromatic heterocycles. The predicted molar refractivity (Wildman–Crippen MR) is 41.1 cm³/mol. The Labute approximate surface area is 73.5 Å². The number of phenols is 1. The molecule has 1 N–H and O–H groups in total. The number of rotatable bonds is 2. The fourth-order valence-corrected chi connectivity index (χ4v) is 0.949. The van der Waals surface area contributed by atoms with Crippen molar-refractivity contribution in [1.29, 1.82) is 0 Å². The number of methoxy groups -OCH3 is 2. The Bertz CT molecular complexity index is 326. The van der Waals surface area contributed by atoms with Crippen LogP contribution in [-0.2, 0) is 0 Å². The quantitative estimate of drug-likeness (QED) is 0.771. The Kier molecular flexibility index (Phi) is 2.55. The van der Waals surface area contributed by atoms with Gasteiger partial charge in [-0.3, -0.25) is 0 Å². The van der Waals surface area contributed by atoms with E-state index in [2.05, 4.69) is 9.47 Å². The molecule has 0 fully saturated rings. The number of halogens is 2. The zero-order valence-electron chi connectivity index (χ0n) is 7.10. The van der Waals surface area contributed by atoms with E-state index < -0.39 is 17.4 Å². The van der Waals surface area contributed by atoms with Crippen LogP contribution < -0.4 is 9.47 Å². The van der Waals surface area contributed by atoms with Crippen molar-refractivity contribution >= 4 is 0 Å². The van der Waals surface area contributed by atoms with E-state index in [4.69, 9.17) is 5.11 Å². The molecule has 0 aliphatic rings. The smallest absolute Gasteiger partial charge is 0.209 e. The highest BCUT2D eigenvalue weighted by atomic mass is 19.1. The molecule has 0 bridgehead atoms. The topological polar surface area (TPSA) is 38.7 Å². The molecule has 3 nitrogen and oxygen atoms in total. The van der Waals surface area contributed by atoms with E-state index >= 15 is 0 Å². The average Bonchev–Trinajstić information content (AvgIpc) is 2.10. The van der Waals surface area contributed by atoms with Gasteiger partial charge in [0.1, 0.15) is 0 Å². The van der Waals surface area contributed by atoms with Gasteiger partial charge in [-0.25, -0.2) is 8.78 Å². The van der Waals surface area contributed by atoms with E-state index in [0.717, 1.165) is 0 Å². The molecule has 0 aliphatic heterocycles. The maximum absolute atomic E-state index is 12.9. The normalized spacial score (nSPS) is 9.85. The summed E-state index contributed by atoms with van der Waals surface area (Å²) in [6.45, 7) is 0. The van der Waals surface area contributed by atoms with Crippen molar-refractivity contribution in [1.82, 2.24) is 0 Å². The molecule has 0 amide bonds. The van der Waals surface area contributed by atoms with Gasteiger partial charge in [0.05, 0.1) is 14.2 Å². The summed E-state index contributed by atoms with van der Waals surface area (Å²) in [5.41, 5.74) is 0. The Morgan fingerprint density at radius 2 is 1.62 bits per heavy atom. The third-order valence-corrected chi connectivity index (χ3v) is 1.53. The van der Waals surface area contributed by atoms with Crippen molar-refractivity contribution in [2.24, 2.45) is 0 Å². The van der Waals surface area contributed by atoms with Gasteiger partial charge in [0.15, 0.2) is 17.4 Å². The van der Waals surface area contributed by atoms with Crippen molar-refractivity contribution < 1.29 is 23.4 Å². The molecule has 0 aliphatic carbocycles. The number of benzene rings is 1. The number of ether oxygens (including phenoxy) is 2. The number of hydrogen-bond acceptors (Lipinski definition) is 3. The summed E-state index contributed by atoms with van der Waals surface area (Å²) >= 11 is 0. The molecule has 0 heterocycles. The van der Waals surface area contributed by atoms with Gasteiger partial charge in [0.25, 0.3) is 0 Å². The van der Waals surface area contributed by atoms with Gasteiger partial charge in [-0.15, -0.1) is 0 Å². The zero-order chi connectivity index (χ0) is 10.0. The predicted octanol–water partition coefficient (Wildman–Crippen LogP) is 1.69. The van der Waals surface area contributed by atoms with E-state index in [9.17, 15) is 8.78 Å². The summed E-state index contributed by atoms with van der Waals surface area (Å²) in [5, 5.41) is 9.09. The second-order valence-corrected chi connectivity index (χ2v) is 2.26. The molecule has 0 atom stereocenters. The SMILES string of the molecule is COc1c(F)cc(F)c(O)c1OC. The molecule has 0 saturated heterocycles. The van der Waals surface area contributed by atoms with Gasteiger partial charge < -0.3 is 14.6 Å². The minimum absolute atomic E-state index is 0.318. The molecule has 0 unspecified atom stereocenters. The maximum atomic E-state index is 12.9. The highest BCUT2D eigenvalue weighted by molar-refractivity contribution is 5.51. The standard InChI is InChI=1S/C8H8F2O3/c1-12-7-5(10)3-4(9)6(11)8(7)13-2/h3,11H,1-2H3. The van der Waals surface area contributed by atoms with Crippen LogP contribution in [0.4, 0.5) is 8.78 Å². The van der Waals surface area contributed by atoms with Crippen LogP contribution >= 0.6 is 0 Å². The minimum Gasteiger partial charge on any atom is -0.502 e. The molecule has 1 aromatic carbocycles. The second kappa shape index (κ2) is 3.47. The first-order valence-corrected chi connectivity index (χ1v) is 3.40. The molecule has 0 saturated carbocycles. The molecule has 13 heavy (non-hydrogen) atoms. The molecule has 1 aromatic rings. The molecule has 1 rings (SSSR count). The van der Waals surface area contributed by atoms with Gasteiger partial charge in [-0.05, 0) is 0 Å². The van der Waals surface area contributed by atoms with Crippen molar-refractivity contribution in [2.45, 2.75) is 0 Å². The first kappa shape index (κ1) is 9.57. The monoisotopic (exact) mass is 190 g/mol. The summed E-state index contributed by atoms with van der Waals surface area (Å²) in [6, 6.07) is 0.524. The molecule has 5 heteroatoms. The van der Waals surface area contributed by atoms with E-state index in [1.165, 1.54) is 14.2 Å². The van der Waals surface area contributed by atoms with Gasteiger partial charge >= 0.3 is 0 Å². The fourth-order valence-electron chi connectivity index (χ4n) is 0.949. The lowest BCUT2D eigenvalue weighted by Gasteiger charge is -2.09. The van der Waals surface area contributed by atoms with Gasteiger partial charge in [-0.2, -0.15) is 0 Å². The third-order valence-electron chi connectivity index (χ3n) is 1.53. The van der Waals surface area contributed by atoms with Crippen molar-refractivity contribution in [2.75, 3.05) is 14.2 Å². The van der Waals surface area contributed by atoms with Gasteiger partial charge in [0.2, 0.25) is 11.5 Å². The van der Waals surface area contributed by atoms with Crippen LogP contribution in [-0.4, -0.2) is 19.3 Å². The van der Waals surface area contributed by atoms with Crippen LogP contribution in [0.3, 0.4) is 0 Å². The lowest BCUT2D eigenvalue weighted by molar-refractivity contribution is 0.309. The van der Waals surface area contributed by atoms with Crippen molar-refractivity contribution in [3.63, 3.8) is 0 Å². The minimum atomic E-state index is -1.09. The number of phenolic OH excluding ortho intramolecular Hbond substituents is 1. The maximum Gasteiger partial charge on any atom is 0.209 e. The number of hydrogen-bond donors (Lipinski definition) is 1. The highest BCUT2D eigenvalue weighted by Crippen LogP contribution is 2.39.